The molecule has 1 atom stereocenters. The maximum absolute atomic E-state index is 12.2. The second kappa shape index (κ2) is 5.26. The fourth-order valence-electron chi connectivity index (χ4n) is 2.23. The second-order valence-corrected chi connectivity index (χ2v) is 4.79. The fraction of sp³-hybridized carbons (Fsp3) is 0.462. The van der Waals surface area contributed by atoms with Gasteiger partial charge >= 0.3 is 5.97 Å². The normalized spacial score (nSPS) is 19.2. The van der Waals surface area contributed by atoms with Crippen LogP contribution in [0, 0.1) is 5.92 Å². The lowest BCUT2D eigenvalue weighted by Crippen LogP contribution is -2.42. The summed E-state index contributed by atoms with van der Waals surface area (Å²) >= 11 is 0. The van der Waals surface area contributed by atoms with Gasteiger partial charge in [-0.1, -0.05) is 0 Å². The van der Waals surface area contributed by atoms with Gasteiger partial charge in [-0.05, 0) is 18.9 Å². The Bertz CT molecular complexity index is 564. The average molecular weight is 264 g/mol. The monoisotopic (exact) mass is 264 g/mol. The summed E-state index contributed by atoms with van der Waals surface area (Å²) < 4.78 is 1.38. The van der Waals surface area contributed by atoms with Crippen molar-refractivity contribution in [2.24, 2.45) is 13.0 Å². The molecule has 0 aliphatic carbocycles. The topological polar surface area (TPSA) is 79.6 Å². The number of carboxylic acids is 1. The number of rotatable bonds is 2. The van der Waals surface area contributed by atoms with Crippen LogP contribution in [0.25, 0.3) is 0 Å². The molecule has 1 N–H and O–H groups in total. The van der Waals surface area contributed by atoms with Gasteiger partial charge in [0.25, 0.3) is 11.5 Å². The number of carbonyl (C=O) groups excluding carboxylic acids is 1. The Morgan fingerprint density at radius 1 is 1.42 bits per heavy atom. The minimum absolute atomic E-state index is 0.212. The van der Waals surface area contributed by atoms with Crippen LogP contribution in [0.3, 0.4) is 0 Å². The highest BCUT2D eigenvalue weighted by molar-refractivity contribution is 5.94. The third-order valence-electron chi connectivity index (χ3n) is 3.41. The first-order chi connectivity index (χ1) is 8.99. The fourth-order valence-corrected chi connectivity index (χ4v) is 2.23. The van der Waals surface area contributed by atoms with Crippen LogP contribution in [0.15, 0.2) is 23.1 Å². The van der Waals surface area contributed by atoms with Gasteiger partial charge < -0.3 is 14.6 Å². The molecule has 6 nitrogen and oxygen atoms in total. The zero-order valence-electron chi connectivity index (χ0n) is 10.7. The van der Waals surface area contributed by atoms with E-state index in [2.05, 4.69) is 0 Å². The van der Waals surface area contributed by atoms with Gasteiger partial charge in [0, 0.05) is 38.0 Å². The summed E-state index contributed by atoms with van der Waals surface area (Å²) in [5.74, 6) is -1.66. The first kappa shape index (κ1) is 13.3. The van der Waals surface area contributed by atoms with Crippen molar-refractivity contribution in [1.29, 1.82) is 0 Å². The molecule has 1 aliphatic heterocycles. The van der Waals surface area contributed by atoms with E-state index in [1.165, 1.54) is 21.7 Å². The third-order valence-corrected chi connectivity index (χ3v) is 3.41. The van der Waals surface area contributed by atoms with E-state index in [1.807, 2.05) is 0 Å². The molecule has 0 radical (unpaired) electrons. The second-order valence-electron chi connectivity index (χ2n) is 4.79. The standard InChI is InChI=1S/C13H16N2O4/c1-14-6-4-9(7-11(14)16)12(17)15-5-2-3-10(8-15)13(18)19/h4,6-7,10H,2-3,5,8H2,1H3,(H,18,19)/t10-/m0/s1. The Morgan fingerprint density at radius 2 is 2.16 bits per heavy atom. The number of nitrogens with zero attached hydrogens (tertiary/aromatic N) is 2. The van der Waals surface area contributed by atoms with Gasteiger partial charge in [-0.25, -0.2) is 0 Å². The van der Waals surface area contributed by atoms with E-state index in [1.54, 1.807) is 13.1 Å². The number of likely N-dealkylation sites (tertiary alicyclic amines) is 1. The number of hydrogen-bond donors (Lipinski definition) is 1. The van der Waals surface area contributed by atoms with Crippen LogP contribution in [-0.4, -0.2) is 39.5 Å². The van der Waals surface area contributed by atoms with Gasteiger partial charge in [0.15, 0.2) is 0 Å². The lowest BCUT2D eigenvalue weighted by atomic mass is 9.98. The van der Waals surface area contributed by atoms with E-state index in [-0.39, 0.29) is 18.0 Å². The number of carbonyl (C=O) groups is 2. The number of aryl methyl sites for hydroxylation is 1. The molecular formula is C13H16N2O4. The summed E-state index contributed by atoms with van der Waals surface area (Å²) in [6.07, 6.45) is 2.80. The van der Waals surface area contributed by atoms with E-state index < -0.39 is 11.9 Å². The molecule has 0 bridgehead atoms. The van der Waals surface area contributed by atoms with E-state index >= 15 is 0 Å². The summed E-state index contributed by atoms with van der Waals surface area (Å²) in [7, 11) is 1.61. The lowest BCUT2D eigenvalue weighted by Gasteiger charge is -2.30. The molecule has 2 heterocycles. The highest BCUT2D eigenvalue weighted by Gasteiger charge is 2.28. The van der Waals surface area contributed by atoms with Crippen LogP contribution >= 0.6 is 0 Å². The van der Waals surface area contributed by atoms with Gasteiger partial charge in [0.2, 0.25) is 0 Å². The molecule has 102 valence electrons. The maximum Gasteiger partial charge on any atom is 0.308 e. The Morgan fingerprint density at radius 3 is 2.79 bits per heavy atom. The predicted molar refractivity (Wildman–Crippen MR) is 67.9 cm³/mol. The lowest BCUT2D eigenvalue weighted by molar-refractivity contribution is -0.143. The van der Waals surface area contributed by atoms with E-state index in [0.29, 0.717) is 24.9 Å². The van der Waals surface area contributed by atoms with Crippen molar-refractivity contribution in [1.82, 2.24) is 9.47 Å². The Balaban J connectivity index is 2.17. The van der Waals surface area contributed by atoms with E-state index in [0.717, 1.165) is 0 Å². The summed E-state index contributed by atoms with van der Waals surface area (Å²) in [5, 5.41) is 9.00. The number of hydrogen-bond acceptors (Lipinski definition) is 3. The minimum Gasteiger partial charge on any atom is -0.481 e. The SMILES string of the molecule is Cn1ccc(C(=O)N2CCC[C@H](C(=O)O)C2)cc1=O. The molecule has 0 aromatic carbocycles. The summed E-state index contributed by atoms with van der Waals surface area (Å²) in [4.78, 5) is 36.2. The largest absolute Gasteiger partial charge is 0.481 e. The van der Waals surface area contributed by atoms with Crippen LogP contribution in [0.2, 0.25) is 0 Å². The minimum atomic E-state index is -0.874. The summed E-state index contributed by atoms with van der Waals surface area (Å²) in [6, 6.07) is 2.86. The Hall–Kier alpha value is -2.11. The van der Waals surface area contributed by atoms with Crippen LogP contribution < -0.4 is 5.56 Å². The Kier molecular flexibility index (Phi) is 3.69. The molecule has 2 rings (SSSR count). The van der Waals surface area contributed by atoms with Crippen molar-refractivity contribution in [3.8, 4) is 0 Å². The number of aromatic nitrogens is 1. The van der Waals surface area contributed by atoms with Crippen molar-refractivity contribution in [2.75, 3.05) is 13.1 Å². The number of aliphatic carboxylic acids is 1. The van der Waals surface area contributed by atoms with Crippen molar-refractivity contribution >= 4 is 11.9 Å². The van der Waals surface area contributed by atoms with E-state index in [4.69, 9.17) is 5.11 Å². The number of pyridine rings is 1. The van der Waals surface area contributed by atoms with Crippen molar-refractivity contribution in [3.05, 3.63) is 34.2 Å². The molecule has 1 aliphatic rings. The van der Waals surface area contributed by atoms with Crippen molar-refractivity contribution < 1.29 is 14.7 Å². The number of carboxylic acid groups (broad SMARTS) is 1. The molecular weight excluding hydrogens is 248 g/mol. The smallest absolute Gasteiger partial charge is 0.308 e. The zero-order valence-corrected chi connectivity index (χ0v) is 10.7. The maximum atomic E-state index is 12.2. The molecule has 19 heavy (non-hydrogen) atoms. The van der Waals surface area contributed by atoms with Crippen LogP contribution in [-0.2, 0) is 11.8 Å². The Labute approximate surface area is 110 Å². The average Bonchev–Trinajstić information content (AvgIpc) is 2.41. The van der Waals surface area contributed by atoms with Crippen LogP contribution in [0.5, 0.6) is 0 Å². The molecule has 0 saturated carbocycles. The van der Waals surface area contributed by atoms with Crippen molar-refractivity contribution in [3.63, 3.8) is 0 Å². The quantitative estimate of drug-likeness (QED) is 0.834. The first-order valence-electron chi connectivity index (χ1n) is 6.18. The highest BCUT2D eigenvalue weighted by Crippen LogP contribution is 2.18. The van der Waals surface area contributed by atoms with Crippen LogP contribution in [0.4, 0.5) is 0 Å². The van der Waals surface area contributed by atoms with Gasteiger partial charge in [-0.2, -0.15) is 0 Å². The van der Waals surface area contributed by atoms with Gasteiger partial charge in [-0.3, -0.25) is 14.4 Å². The van der Waals surface area contributed by atoms with Crippen LogP contribution in [0.1, 0.15) is 23.2 Å². The van der Waals surface area contributed by atoms with Gasteiger partial charge in [0.05, 0.1) is 5.92 Å². The molecule has 1 saturated heterocycles. The summed E-state index contributed by atoms with van der Waals surface area (Å²) in [6.45, 7) is 0.751. The van der Waals surface area contributed by atoms with E-state index in [9.17, 15) is 14.4 Å². The first-order valence-corrected chi connectivity index (χ1v) is 6.18. The molecule has 6 heteroatoms. The molecule has 1 aromatic rings. The summed E-state index contributed by atoms with van der Waals surface area (Å²) in [5.41, 5.74) is 0.0618. The number of piperidine rings is 1. The predicted octanol–water partition coefficient (Wildman–Crippen LogP) is 0.322. The number of amides is 1. The molecule has 1 fully saturated rings. The molecule has 0 unspecified atom stereocenters. The van der Waals surface area contributed by atoms with Crippen molar-refractivity contribution in [2.45, 2.75) is 12.8 Å². The zero-order chi connectivity index (χ0) is 14.0. The third kappa shape index (κ3) is 2.83. The molecule has 1 amide bonds. The highest BCUT2D eigenvalue weighted by atomic mass is 16.4. The van der Waals surface area contributed by atoms with Gasteiger partial charge in [0.1, 0.15) is 0 Å². The molecule has 1 aromatic heterocycles. The van der Waals surface area contributed by atoms with Gasteiger partial charge in [-0.15, -0.1) is 0 Å². The molecule has 0 spiro atoms.